The molecule has 1 fully saturated rings. The molecule has 0 spiro atoms. The number of carbonyl (C=O) groups excluding carboxylic acids is 1. The highest BCUT2D eigenvalue weighted by atomic mass is 35.5. The lowest BCUT2D eigenvalue weighted by atomic mass is 10.2. The van der Waals surface area contributed by atoms with Gasteiger partial charge in [0.25, 0.3) is 5.91 Å². The van der Waals surface area contributed by atoms with Crippen molar-refractivity contribution in [3.05, 3.63) is 65.2 Å². The third-order valence-electron chi connectivity index (χ3n) is 4.27. The van der Waals surface area contributed by atoms with Crippen molar-refractivity contribution in [2.75, 3.05) is 12.9 Å². The first kappa shape index (κ1) is 19.5. The van der Waals surface area contributed by atoms with Crippen molar-refractivity contribution in [3.8, 4) is 5.75 Å². The fraction of sp³-hybridized carbons (Fsp3) is 0.238. The van der Waals surface area contributed by atoms with Crippen LogP contribution in [0.1, 0.15) is 18.9 Å². The molecule has 2 aromatic rings. The van der Waals surface area contributed by atoms with Gasteiger partial charge in [-0.2, -0.15) is 0 Å². The van der Waals surface area contributed by atoms with E-state index in [0.29, 0.717) is 5.02 Å². The van der Waals surface area contributed by atoms with Gasteiger partial charge in [-0.15, -0.1) is 0 Å². The normalized spacial score (nSPS) is 18.4. The van der Waals surface area contributed by atoms with Crippen LogP contribution in [0.2, 0.25) is 5.02 Å². The summed E-state index contributed by atoms with van der Waals surface area (Å²) in [4.78, 5) is 19.3. The van der Waals surface area contributed by atoms with Gasteiger partial charge in [-0.1, -0.05) is 42.4 Å². The molecule has 1 aliphatic rings. The van der Waals surface area contributed by atoms with Crippen molar-refractivity contribution in [1.29, 1.82) is 0 Å². The first-order valence-corrected chi connectivity index (χ1v) is 10.1. The highest BCUT2D eigenvalue weighted by Crippen LogP contribution is 2.29. The summed E-state index contributed by atoms with van der Waals surface area (Å²) in [6.07, 6.45) is 4.29. The quantitative estimate of drug-likeness (QED) is 0.630. The van der Waals surface area contributed by atoms with Gasteiger partial charge < -0.3 is 4.74 Å². The first-order chi connectivity index (χ1) is 13.1. The number of halogens is 1. The van der Waals surface area contributed by atoms with Gasteiger partial charge in [0.2, 0.25) is 0 Å². The Morgan fingerprint density at radius 2 is 1.96 bits per heavy atom. The minimum atomic E-state index is -0.0611. The Morgan fingerprint density at radius 1 is 1.26 bits per heavy atom. The average Bonchev–Trinajstić information content (AvgIpc) is 3.10. The molecule has 1 saturated heterocycles. The van der Waals surface area contributed by atoms with Gasteiger partial charge in [0.05, 0.1) is 12.8 Å². The van der Waals surface area contributed by atoms with Gasteiger partial charge in [-0.3, -0.25) is 9.69 Å². The summed E-state index contributed by atoms with van der Waals surface area (Å²) in [5.74, 6) is 1.57. The molecule has 0 radical (unpaired) electrons. The number of rotatable bonds is 5. The largest absolute Gasteiger partial charge is 0.497 e. The van der Waals surface area contributed by atoms with Crippen LogP contribution in [0, 0.1) is 0 Å². The number of thioether (sulfide) groups is 1. The smallest absolute Gasteiger partial charge is 0.252 e. The molecule has 0 aliphatic carbocycles. The maximum Gasteiger partial charge on any atom is 0.252 e. The molecule has 1 atom stereocenters. The topological polar surface area (TPSA) is 41.9 Å². The van der Waals surface area contributed by atoms with Crippen molar-refractivity contribution in [2.24, 2.45) is 4.99 Å². The lowest BCUT2D eigenvalue weighted by Gasteiger charge is -2.21. The van der Waals surface area contributed by atoms with Crippen LogP contribution in [0.15, 0.2) is 59.6 Å². The third kappa shape index (κ3) is 4.93. The van der Waals surface area contributed by atoms with Crippen molar-refractivity contribution in [1.82, 2.24) is 4.90 Å². The number of benzene rings is 2. The molecule has 0 N–H and O–H groups in total. The van der Waals surface area contributed by atoms with E-state index in [9.17, 15) is 4.79 Å². The van der Waals surface area contributed by atoms with E-state index in [1.807, 2.05) is 48.5 Å². The standard InChI is InChI=1S/C21H21ClN2O2S/c1-3-18-14-27-21(23-17-9-11-19(26-2)12-10-17)24(18)20(25)13-6-15-4-7-16(22)8-5-15/h4-13,18H,3,14H2,1-2H3/b13-6+,23-21?/t18-/m0/s1. The van der Waals surface area contributed by atoms with Crippen LogP contribution in [0.5, 0.6) is 5.75 Å². The molecule has 1 heterocycles. The third-order valence-corrected chi connectivity index (χ3v) is 5.62. The average molecular weight is 401 g/mol. The van der Waals surface area contributed by atoms with Crippen LogP contribution in [0.25, 0.3) is 6.08 Å². The van der Waals surface area contributed by atoms with Crippen LogP contribution in [-0.4, -0.2) is 34.9 Å². The highest BCUT2D eigenvalue weighted by molar-refractivity contribution is 8.14. The second-order valence-electron chi connectivity index (χ2n) is 6.06. The highest BCUT2D eigenvalue weighted by Gasteiger charge is 2.32. The fourth-order valence-electron chi connectivity index (χ4n) is 2.72. The molecule has 27 heavy (non-hydrogen) atoms. The van der Waals surface area contributed by atoms with E-state index in [1.54, 1.807) is 35.9 Å². The predicted octanol–water partition coefficient (Wildman–Crippen LogP) is 5.40. The van der Waals surface area contributed by atoms with Crippen LogP contribution < -0.4 is 4.74 Å². The monoisotopic (exact) mass is 400 g/mol. The summed E-state index contributed by atoms with van der Waals surface area (Å²) in [6.45, 7) is 2.09. The minimum Gasteiger partial charge on any atom is -0.497 e. The summed E-state index contributed by atoms with van der Waals surface area (Å²) in [6, 6.07) is 15.0. The lowest BCUT2D eigenvalue weighted by molar-refractivity contribution is -0.123. The number of amides is 1. The molecule has 6 heteroatoms. The second kappa shape index (κ2) is 9.11. The van der Waals surface area contributed by atoms with Gasteiger partial charge in [0, 0.05) is 22.9 Å². The summed E-state index contributed by atoms with van der Waals surface area (Å²) in [5.41, 5.74) is 1.73. The summed E-state index contributed by atoms with van der Waals surface area (Å²) in [5, 5.41) is 1.41. The Labute approximate surface area is 168 Å². The fourth-order valence-corrected chi connectivity index (χ4v) is 4.12. The van der Waals surface area contributed by atoms with Crippen LogP contribution in [0.3, 0.4) is 0 Å². The molecule has 0 saturated carbocycles. The molecule has 140 valence electrons. The van der Waals surface area contributed by atoms with Crippen molar-refractivity contribution < 1.29 is 9.53 Å². The number of amidine groups is 1. The molecular weight excluding hydrogens is 380 g/mol. The molecular formula is C21H21ClN2O2S. The number of hydrogen-bond donors (Lipinski definition) is 0. The van der Waals surface area contributed by atoms with Gasteiger partial charge in [-0.25, -0.2) is 4.99 Å². The molecule has 4 nitrogen and oxygen atoms in total. The van der Waals surface area contributed by atoms with E-state index in [2.05, 4.69) is 11.9 Å². The van der Waals surface area contributed by atoms with Crippen molar-refractivity contribution >= 4 is 46.2 Å². The zero-order valence-corrected chi connectivity index (χ0v) is 16.8. The summed E-state index contributed by atoms with van der Waals surface area (Å²) >= 11 is 7.52. The van der Waals surface area contributed by atoms with Crippen LogP contribution in [-0.2, 0) is 4.79 Å². The Bertz CT molecular complexity index is 847. The van der Waals surface area contributed by atoms with Gasteiger partial charge in [-0.05, 0) is 54.5 Å². The molecule has 0 bridgehead atoms. The van der Waals surface area contributed by atoms with E-state index >= 15 is 0 Å². The van der Waals surface area contributed by atoms with Crippen molar-refractivity contribution in [3.63, 3.8) is 0 Å². The molecule has 2 aromatic carbocycles. The Hall–Kier alpha value is -2.24. The molecule has 3 rings (SSSR count). The SMILES string of the molecule is CC[C@H]1CSC(=Nc2ccc(OC)cc2)N1C(=O)/C=C/c1ccc(Cl)cc1. The maximum absolute atomic E-state index is 12.9. The number of nitrogens with zero attached hydrogens (tertiary/aromatic N) is 2. The van der Waals surface area contributed by atoms with Crippen LogP contribution in [0.4, 0.5) is 5.69 Å². The number of methoxy groups -OCH3 is 1. The minimum absolute atomic E-state index is 0.0611. The van der Waals surface area contributed by atoms with Gasteiger partial charge in [0.1, 0.15) is 5.75 Å². The summed E-state index contributed by atoms with van der Waals surface area (Å²) < 4.78 is 5.18. The zero-order valence-electron chi connectivity index (χ0n) is 15.3. The van der Waals surface area contributed by atoms with Crippen LogP contribution >= 0.6 is 23.4 Å². The lowest BCUT2D eigenvalue weighted by Crippen LogP contribution is -2.37. The van der Waals surface area contributed by atoms with E-state index < -0.39 is 0 Å². The molecule has 0 unspecified atom stereocenters. The van der Waals surface area contributed by atoms with Gasteiger partial charge >= 0.3 is 0 Å². The number of aliphatic imine (C=N–C) groups is 1. The maximum atomic E-state index is 12.9. The van der Waals surface area contributed by atoms with Crippen molar-refractivity contribution in [2.45, 2.75) is 19.4 Å². The molecule has 0 aromatic heterocycles. The number of hydrogen-bond acceptors (Lipinski definition) is 4. The second-order valence-corrected chi connectivity index (χ2v) is 7.48. The van der Waals surface area contributed by atoms with E-state index in [1.165, 1.54) is 0 Å². The first-order valence-electron chi connectivity index (χ1n) is 8.73. The Kier molecular flexibility index (Phi) is 6.58. The zero-order chi connectivity index (χ0) is 19.2. The van der Waals surface area contributed by atoms with Gasteiger partial charge in [0.15, 0.2) is 5.17 Å². The number of ether oxygens (including phenoxy) is 1. The molecule has 1 aliphatic heterocycles. The van der Waals surface area contributed by atoms with E-state index in [0.717, 1.165) is 34.3 Å². The Morgan fingerprint density at radius 3 is 2.59 bits per heavy atom. The van der Waals surface area contributed by atoms with E-state index in [-0.39, 0.29) is 11.9 Å². The van der Waals surface area contributed by atoms with E-state index in [4.69, 9.17) is 16.3 Å². The molecule has 1 amide bonds. The number of carbonyl (C=O) groups is 1. The predicted molar refractivity (Wildman–Crippen MR) is 114 cm³/mol. The summed E-state index contributed by atoms with van der Waals surface area (Å²) in [7, 11) is 1.63. The Balaban J connectivity index is 1.80.